The summed E-state index contributed by atoms with van der Waals surface area (Å²) in [4.78, 5) is 13.6. The maximum absolute atomic E-state index is 11.9. The van der Waals surface area contributed by atoms with Gasteiger partial charge in [-0.15, -0.1) is 0 Å². The molecule has 0 aliphatic carbocycles. The van der Waals surface area contributed by atoms with Crippen molar-refractivity contribution in [1.29, 1.82) is 5.26 Å². The lowest BCUT2D eigenvalue weighted by Crippen LogP contribution is -2.30. The van der Waals surface area contributed by atoms with Crippen molar-refractivity contribution in [2.75, 3.05) is 11.4 Å². The van der Waals surface area contributed by atoms with Gasteiger partial charge in [-0.3, -0.25) is 4.79 Å². The lowest BCUT2D eigenvalue weighted by atomic mass is 10.1. The molecular formula is C15H14N2O. The van der Waals surface area contributed by atoms with Crippen molar-refractivity contribution >= 4 is 22.4 Å². The van der Waals surface area contributed by atoms with Crippen molar-refractivity contribution in [2.45, 2.75) is 13.3 Å². The van der Waals surface area contributed by atoms with Gasteiger partial charge < -0.3 is 4.90 Å². The predicted molar refractivity (Wildman–Crippen MR) is 72.2 cm³/mol. The van der Waals surface area contributed by atoms with Crippen molar-refractivity contribution in [3.8, 4) is 6.07 Å². The zero-order valence-electron chi connectivity index (χ0n) is 10.3. The van der Waals surface area contributed by atoms with Gasteiger partial charge in [0.05, 0.1) is 11.8 Å². The van der Waals surface area contributed by atoms with E-state index >= 15 is 0 Å². The first-order valence-electron chi connectivity index (χ1n) is 5.93. The lowest BCUT2D eigenvalue weighted by Gasteiger charge is -2.21. The summed E-state index contributed by atoms with van der Waals surface area (Å²) < 4.78 is 0. The van der Waals surface area contributed by atoms with E-state index < -0.39 is 0 Å². The molecule has 0 aliphatic rings. The summed E-state index contributed by atoms with van der Waals surface area (Å²) in [6.07, 6.45) is -0.0862. The highest BCUT2D eigenvalue weighted by molar-refractivity contribution is 6.04. The summed E-state index contributed by atoms with van der Waals surface area (Å²) in [6, 6.07) is 15.7. The van der Waals surface area contributed by atoms with E-state index in [2.05, 4.69) is 0 Å². The molecular weight excluding hydrogens is 224 g/mol. The number of nitriles is 1. The molecule has 0 heterocycles. The zero-order valence-corrected chi connectivity index (χ0v) is 10.3. The fraction of sp³-hybridized carbons (Fsp3) is 0.200. The molecule has 0 fully saturated rings. The maximum Gasteiger partial charge on any atom is 0.241 e. The van der Waals surface area contributed by atoms with Crippen LogP contribution in [-0.2, 0) is 4.79 Å². The molecule has 2 aromatic carbocycles. The summed E-state index contributed by atoms with van der Waals surface area (Å²) in [5.74, 6) is -0.156. The lowest BCUT2D eigenvalue weighted by molar-refractivity contribution is -0.117. The molecule has 1 amide bonds. The summed E-state index contributed by atoms with van der Waals surface area (Å²) >= 11 is 0. The fourth-order valence-corrected chi connectivity index (χ4v) is 2.09. The molecule has 18 heavy (non-hydrogen) atoms. The molecule has 2 rings (SSSR count). The van der Waals surface area contributed by atoms with Crippen molar-refractivity contribution in [1.82, 2.24) is 0 Å². The summed E-state index contributed by atoms with van der Waals surface area (Å²) in [5.41, 5.74) is 0.871. The van der Waals surface area contributed by atoms with Gasteiger partial charge in [-0.1, -0.05) is 36.4 Å². The van der Waals surface area contributed by atoms with Crippen molar-refractivity contribution < 1.29 is 4.79 Å². The van der Waals surface area contributed by atoms with E-state index in [9.17, 15) is 4.79 Å². The second kappa shape index (κ2) is 5.33. The third kappa shape index (κ3) is 2.18. The van der Waals surface area contributed by atoms with Crippen LogP contribution in [0.5, 0.6) is 0 Å². The van der Waals surface area contributed by atoms with Crippen LogP contribution in [-0.4, -0.2) is 12.5 Å². The molecule has 0 atom stereocenters. The Morgan fingerprint density at radius 2 is 1.94 bits per heavy atom. The average Bonchev–Trinajstić information content (AvgIpc) is 2.40. The third-order valence-electron chi connectivity index (χ3n) is 2.90. The summed E-state index contributed by atoms with van der Waals surface area (Å²) in [5, 5.41) is 10.8. The largest absolute Gasteiger partial charge is 0.311 e. The minimum absolute atomic E-state index is 0.0862. The molecule has 0 saturated carbocycles. The van der Waals surface area contributed by atoms with Crippen LogP contribution in [0.15, 0.2) is 42.5 Å². The number of hydrogen-bond acceptors (Lipinski definition) is 2. The number of rotatable bonds is 3. The highest BCUT2D eigenvalue weighted by Gasteiger charge is 2.15. The molecule has 2 aromatic rings. The van der Waals surface area contributed by atoms with E-state index in [1.807, 2.05) is 55.5 Å². The van der Waals surface area contributed by atoms with Crippen LogP contribution in [0.4, 0.5) is 5.69 Å². The Hall–Kier alpha value is -2.34. The van der Waals surface area contributed by atoms with Gasteiger partial charge in [-0.25, -0.2) is 0 Å². The molecule has 3 heteroatoms. The number of anilines is 1. The fourth-order valence-electron chi connectivity index (χ4n) is 2.09. The first-order valence-corrected chi connectivity index (χ1v) is 5.93. The molecule has 0 saturated heterocycles. The van der Waals surface area contributed by atoms with E-state index in [1.165, 1.54) is 0 Å². The van der Waals surface area contributed by atoms with Crippen molar-refractivity contribution in [3.05, 3.63) is 42.5 Å². The van der Waals surface area contributed by atoms with Crippen LogP contribution >= 0.6 is 0 Å². The Bertz CT molecular complexity index is 608. The standard InChI is InChI=1S/C15H14N2O/c1-2-17(15(18)10-11-16)14-9-5-7-12-6-3-4-8-13(12)14/h3-9H,2,10H2,1H3. The Morgan fingerprint density at radius 3 is 2.67 bits per heavy atom. The highest BCUT2D eigenvalue weighted by atomic mass is 16.2. The SMILES string of the molecule is CCN(C(=O)CC#N)c1cccc2ccccc12. The van der Waals surface area contributed by atoms with Crippen LogP contribution in [0.25, 0.3) is 10.8 Å². The number of carbonyl (C=O) groups is 1. The van der Waals surface area contributed by atoms with Gasteiger partial charge >= 0.3 is 0 Å². The molecule has 0 spiro atoms. The van der Waals surface area contributed by atoms with Gasteiger partial charge in [0, 0.05) is 11.9 Å². The first kappa shape index (κ1) is 12.1. The molecule has 0 N–H and O–H groups in total. The maximum atomic E-state index is 11.9. The first-order chi connectivity index (χ1) is 8.77. The van der Waals surface area contributed by atoms with Crippen molar-refractivity contribution in [3.63, 3.8) is 0 Å². The molecule has 3 nitrogen and oxygen atoms in total. The number of carbonyl (C=O) groups excluding carboxylic acids is 1. The van der Waals surface area contributed by atoms with Crippen LogP contribution in [0.3, 0.4) is 0 Å². The molecule has 90 valence electrons. The Kier molecular flexibility index (Phi) is 3.59. The summed E-state index contributed by atoms with van der Waals surface area (Å²) in [7, 11) is 0. The quantitative estimate of drug-likeness (QED) is 0.824. The van der Waals surface area contributed by atoms with Crippen LogP contribution in [0.1, 0.15) is 13.3 Å². The predicted octanol–water partition coefficient (Wildman–Crippen LogP) is 3.11. The highest BCUT2D eigenvalue weighted by Crippen LogP contribution is 2.26. The van der Waals surface area contributed by atoms with E-state index in [1.54, 1.807) is 4.90 Å². The van der Waals surface area contributed by atoms with E-state index in [4.69, 9.17) is 5.26 Å². The van der Waals surface area contributed by atoms with Crippen LogP contribution in [0.2, 0.25) is 0 Å². The minimum atomic E-state index is -0.156. The number of nitrogens with zero attached hydrogens (tertiary/aromatic N) is 2. The Balaban J connectivity index is 2.52. The molecule has 0 aromatic heterocycles. The van der Waals surface area contributed by atoms with Crippen molar-refractivity contribution in [2.24, 2.45) is 0 Å². The van der Waals surface area contributed by atoms with Crippen LogP contribution < -0.4 is 4.90 Å². The van der Waals surface area contributed by atoms with Gasteiger partial charge in [0.25, 0.3) is 0 Å². The van der Waals surface area contributed by atoms with Crippen LogP contribution in [0, 0.1) is 11.3 Å². The average molecular weight is 238 g/mol. The Labute approximate surface area is 106 Å². The number of amides is 1. The smallest absolute Gasteiger partial charge is 0.241 e. The van der Waals surface area contributed by atoms with Gasteiger partial charge in [0.2, 0.25) is 5.91 Å². The molecule has 0 aliphatic heterocycles. The van der Waals surface area contributed by atoms with E-state index in [-0.39, 0.29) is 12.3 Å². The number of fused-ring (bicyclic) bond motifs is 1. The topological polar surface area (TPSA) is 44.1 Å². The normalized spacial score (nSPS) is 10.0. The van der Waals surface area contributed by atoms with Gasteiger partial charge in [-0.05, 0) is 18.4 Å². The van der Waals surface area contributed by atoms with E-state index in [0.717, 1.165) is 16.5 Å². The van der Waals surface area contributed by atoms with Gasteiger partial charge in [0.1, 0.15) is 6.42 Å². The zero-order chi connectivity index (χ0) is 13.0. The second-order valence-electron chi connectivity index (χ2n) is 3.97. The van der Waals surface area contributed by atoms with Gasteiger partial charge in [-0.2, -0.15) is 5.26 Å². The molecule has 0 bridgehead atoms. The summed E-state index contributed by atoms with van der Waals surface area (Å²) in [6.45, 7) is 2.48. The number of benzene rings is 2. The third-order valence-corrected chi connectivity index (χ3v) is 2.90. The monoisotopic (exact) mass is 238 g/mol. The molecule has 0 radical (unpaired) electrons. The molecule has 0 unspecified atom stereocenters. The second-order valence-corrected chi connectivity index (χ2v) is 3.97. The minimum Gasteiger partial charge on any atom is -0.311 e. The van der Waals surface area contributed by atoms with Gasteiger partial charge in [0.15, 0.2) is 0 Å². The Morgan fingerprint density at radius 1 is 1.22 bits per heavy atom. The number of hydrogen-bond donors (Lipinski definition) is 0. The van der Waals surface area contributed by atoms with E-state index in [0.29, 0.717) is 6.54 Å².